The number of ether oxygens (including phenoxy) is 2. The zero-order valence-corrected chi connectivity index (χ0v) is 41.1. The summed E-state index contributed by atoms with van der Waals surface area (Å²) in [4.78, 5) is 56.0. The first-order valence-electron chi connectivity index (χ1n) is 25.8. The fourth-order valence-electron chi connectivity index (χ4n) is 8.44. The van der Waals surface area contributed by atoms with Gasteiger partial charge in [0.15, 0.2) is 11.5 Å². The molecule has 0 radical (unpaired) electrons. The Labute approximate surface area is 387 Å². The number of hydrogen-bond acceptors (Lipinski definition) is 9. The number of hydrogen-bond donors (Lipinski definition) is 2. The number of carbonyl (C=O) groups excluding carboxylic acids is 2. The van der Waals surface area contributed by atoms with Gasteiger partial charge in [-0.05, 0) is 88.9 Å². The van der Waals surface area contributed by atoms with Crippen LogP contribution in [0.3, 0.4) is 0 Å². The average molecular weight is 892 g/mol. The number of H-pyrrole nitrogens is 1. The summed E-state index contributed by atoms with van der Waals surface area (Å²) in [6, 6.07) is 7.58. The molecule has 0 unspecified atom stereocenters. The van der Waals surface area contributed by atoms with E-state index in [9.17, 15) is 14.4 Å². The van der Waals surface area contributed by atoms with E-state index < -0.39 is 0 Å². The van der Waals surface area contributed by atoms with Gasteiger partial charge in [0.2, 0.25) is 5.91 Å². The summed E-state index contributed by atoms with van der Waals surface area (Å²) in [6.45, 7) is 16.5. The zero-order chi connectivity index (χ0) is 46.0. The lowest BCUT2D eigenvalue weighted by molar-refractivity contribution is -0.139. The lowest BCUT2D eigenvalue weighted by Gasteiger charge is -2.25. The first kappa shape index (κ1) is 54.6. The Bertz CT molecular complexity index is 1740. The highest BCUT2D eigenvalue weighted by molar-refractivity contribution is 5.97. The second kappa shape index (κ2) is 34.6. The van der Waals surface area contributed by atoms with Crippen molar-refractivity contribution in [2.45, 2.75) is 201 Å². The zero-order valence-electron chi connectivity index (χ0n) is 41.1. The number of unbranched alkanes of at least 4 members (excludes halogenated alkanes) is 19. The molecule has 1 aromatic carbocycles. The number of rotatable bonds is 40. The maximum atomic E-state index is 13.4. The van der Waals surface area contributed by atoms with Crippen LogP contribution in [0.2, 0.25) is 0 Å². The van der Waals surface area contributed by atoms with E-state index in [-0.39, 0.29) is 42.4 Å². The smallest absolute Gasteiger partial charge is 0.328 e. The van der Waals surface area contributed by atoms with Crippen molar-refractivity contribution in [3.8, 4) is 6.01 Å². The van der Waals surface area contributed by atoms with Gasteiger partial charge in [0.05, 0.1) is 26.7 Å². The van der Waals surface area contributed by atoms with Crippen LogP contribution in [0.5, 0.6) is 6.01 Å². The van der Waals surface area contributed by atoms with Gasteiger partial charge in [-0.15, -0.1) is 0 Å². The van der Waals surface area contributed by atoms with Gasteiger partial charge >= 0.3 is 17.7 Å². The summed E-state index contributed by atoms with van der Waals surface area (Å²) in [5, 5.41) is 2.97. The summed E-state index contributed by atoms with van der Waals surface area (Å²) in [6.07, 6.45) is 30.7. The number of benzene rings is 1. The summed E-state index contributed by atoms with van der Waals surface area (Å²) in [5.41, 5.74) is 1.93. The van der Waals surface area contributed by atoms with Crippen molar-refractivity contribution in [3.63, 3.8) is 0 Å². The van der Waals surface area contributed by atoms with Crippen LogP contribution >= 0.6 is 0 Å². The average Bonchev–Trinajstić information content (AvgIpc) is 3.60. The predicted molar refractivity (Wildman–Crippen MR) is 265 cm³/mol. The molecule has 0 aliphatic heterocycles. The molecule has 1 amide bonds. The monoisotopic (exact) mass is 892 g/mol. The number of anilines is 1. The highest BCUT2D eigenvalue weighted by atomic mass is 16.5. The van der Waals surface area contributed by atoms with Crippen LogP contribution in [0.4, 0.5) is 5.82 Å². The van der Waals surface area contributed by atoms with Crippen molar-refractivity contribution >= 4 is 28.9 Å². The highest BCUT2D eigenvalue weighted by Gasteiger charge is 2.19. The number of aromatic amines is 1. The minimum Gasteiger partial charge on any atom is -0.469 e. The number of esters is 1. The Morgan fingerprint density at radius 3 is 1.78 bits per heavy atom. The third-order valence-electron chi connectivity index (χ3n) is 12.4. The molecule has 3 aromatic rings. The molecule has 12 heteroatoms. The topological polar surface area (TPSA) is 135 Å². The molecule has 0 atom stereocenters. The number of imidazole rings is 1. The van der Waals surface area contributed by atoms with Crippen molar-refractivity contribution in [2.24, 2.45) is 0 Å². The molecule has 0 bridgehead atoms. The SMILES string of the molecule is CCCCCCCCCCCN(CC)CCCN(CCCCCCCCCCC)CCCCCC(=O)Nc1nc(OCCCC)nc2c1[nH]c(=O)n2Cc1cccc(CC(=O)OC)c1. The summed E-state index contributed by atoms with van der Waals surface area (Å²) in [5.74, 6) is -0.247. The quantitative estimate of drug-likeness (QED) is 0.0422. The molecular weight excluding hydrogens is 803 g/mol. The largest absolute Gasteiger partial charge is 0.469 e. The lowest BCUT2D eigenvalue weighted by Crippen LogP contribution is -2.32. The Balaban J connectivity index is 1.53. The first-order valence-corrected chi connectivity index (χ1v) is 25.8. The number of fused-ring (bicyclic) bond motifs is 1. The molecule has 2 N–H and O–H groups in total. The van der Waals surface area contributed by atoms with Crippen LogP contribution in [0.1, 0.15) is 199 Å². The van der Waals surface area contributed by atoms with Crippen molar-refractivity contribution in [1.29, 1.82) is 0 Å². The number of methoxy groups -OCH3 is 1. The van der Waals surface area contributed by atoms with Gasteiger partial charge in [0, 0.05) is 6.42 Å². The number of aromatic nitrogens is 4. The molecule has 0 fully saturated rings. The Hall–Kier alpha value is -3.77. The van der Waals surface area contributed by atoms with E-state index in [4.69, 9.17) is 9.47 Å². The molecule has 12 nitrogen and oxygen atoms in total. The van der Waals surface area contributed by atoms with Crippen LogP contribution in [-0.4, -0.2) is 94.2 Å². The predicted octanol–water partition coefficient (Wildman–Crippen LogP) is 11.6. The lowest BCUT2D eigenvalue weighted by atomic mass is 10.1. The standard InChI is InChI=1S/C52H89N7O5/c1-6-10-13-15-17-19-21-23-27-35-57(9-4)38-31-39-58(36-28-24-22-20-18-16-14-11-7-2)37-29-25-26-34-46(60)53-49-48-50(56-51(55-49)64-40-12-8-3)59(52(62)54-48)43-45-33-30-32-44(41-45)42-47(61)63-5/h30,32-33,41H,6-29,31,34-40,42-43H2,1-5H3,(H,54,62)(H,53,55,56,60). The third kappa shape index (κ3) is 22.9. The molecule has 362 valence electrons. The van der Waals surface area contributed by atoms with E-state index in [1.807, 2.05) is 24.3 Å². The van der Waals surface area contributed by atoms with Gasteiger partial charge in [-0.1, -0.05) is 168 Å². The molecule has 2 aromatic heterocycles. The Morgan fingerprint density at radius 2 is 1.19 bits per heavy atom. The molecule has 3 rings (SSSR count). The van der Waals surface area contributed by atoms with Crippen molar-refractivity contribution in [1.82, 2.24) is 29.3 Å². The van der Waals surface area contributed by atoms with Crippen molar-refractivity contribution in [3.05, 3.63) is 45.9 Å². The van der Waals surface area contributed by atoms with Gasteiger partial charge in [-0.25, -0.2) is 4.79 Å². The molecule has 0 aliphatic carbocycles. The Kier molecular flexibility index (Phi) is 29.5. The van der Waals surface area contributed by atoms with Crippen LogP contribution in [0.15, 0.2) is 29.1 Å². The van der Waals surface area contributed by atoms with Crippen molar-refractivity contribution < 1.29 is 19.1 Å². The molecule has 0 saturated carbocycles. The second-order valence-corrected chi connectivity index (χ2v) is 18.0. The maximum absolute atomic E-state index is 13.4. The second-order valence-electron chi connectivity index (χ2n) is 18.0. The summed E-state index contributed by atoms with van der Waals surface area (Å²) >= 11 is 0. The normalized spacial score (nSPS) is 11.6. The molecule has 0 aliphatic rings. The number of amides is 1. The van der Waals surface area contributed by atoms with E-state index in [0.717, 1.165) is 69.4 Å². The minimum absolute atomic E-state index is 0.112. The minimum atomic E-state index is -0.378. The molecule has 0 spiro atoms. The van der Waals surface area contributed by atoms with Crippen LogP contribution < -0.4 is 15.7 Å². The van der Waals surface area contributed by atoms with Gasteiger partial charge < -0.3 is 29.6 Å². The molecular formula is C52H89N7O5. The van der Waals surface area contributed by atoms with E-state index in [1.165, 1.54) is 147 Å². The van der Waals surface area contributed by atoms with E-state index in [2.05, 4.69) is 57.8 Å². The molecule has 64 heavy (non-hydrogen) atoms. The van der Waals surface area contributed by atoms with Crippen molar-refractivity contribution in [2.75, 3.05) is 58.3 Å². The van der Waals surface area contributed by atoms with E-state index >= 15 is 0 Å². The van der Waals surface area contributed by atoms with Crippen LogP contribution in [-0.2, 0) is 27.3 Å². The maximum Gasteiger partial charge on any atom is 0.328 e. The highest BCUT2D eigenvalue weighted by Crippen LogP contribution is 2.23. The summed E-state index contributed by atoms with van der Waals surface area (Å²) < 4.78 is 12.2. The van der Waals surface area contributed by atoms with Gasteiger partial charge in [-0.2, -0.15) is 9.97 Å². The third-order valence-corrected chi connectivity index (χ3v) is 12.4. The van der Waals surface area contributed by atoms with Gasteiger partial charge in [0.25, 0.3) is 0 Å². The van der Waals surface area contributed by atoms with Gasteiger partial charge in [-0.3, -0.25) is 14.2 Å². The van der Waals surface area contributed by atoms with E-state index in [0.29, 0.717) is 24.2 Å². The fourth-order valence-corrected chi connectivity index (χ4v) is 8.44. The number of nitrogens with one attached hydrogen (secondary N) is 2. The van der Waals surface area contributed by atoms with E-state index in [1.54, 1.807) is 0 Å². The molecule has 2 heterocycles. The first-order chi connectivity index (χ1) is 31.3. The Morgan fingerprint density at radius 1 is 0.656 bits per heavy atom. The number of carbonyl (C=O) groups is 2. The summed E-state index contributed by atoms with van der Waals surface area (Å²) in [7, 11) is 1.36. The number of nitrogens with zero attached hydrogens (tertiary/aromatic N) is 5. The van der Waals surface area contributed by atoms with Crippen LogP contribution in [0, 0.1) is 0 Å². The molecule has 0 saturated heterocycles. The van der Waals surface area contributed by atoms with Crippen LogP contribution in [0.25, 0.3) is 11.2 Å². The fraction of sp³-hybridized carbons (Fsp3) is 0.750. The van der Waals surface area contributed by atoms with Gasteiger partial charge in [0.1, 0.15) is 5.52 Å².